The van der Waals surface area contributed by atoms with Crippen LogP contribution in [0.5, 0.6) is 0 Å². The number of carbonyl (C=O) groups is 1. The summed E-state index contributed by atoms with van der Waals surface area (Å²) in [4.78, 5) is 10.0. The molecular weight excluding hydrogens is 172 g/mol. The Hall–Kier alpha value is -0.0500. The highest BCUT2D eigenvalue weighted by molar-refractivity contribution is 8.93. The molecule has 0 saturated carbocycles. The van der Waals surface area contributed by atoms with Crippen molar-refractivity contribution in [3.8, 4) is 0 Å². The minimum absolute atomic E-state index is 0. The quantitative estimate of drug-likeness (QED) is 0.576. The van der Waals surface area contributed by atoms with Crippen molar-refractivity contribution in [2.75, 3.05) is 0 Å². The minimum Gasteiger partial charge on any atom is -0.463 e. The van der Waals surface area contributed by atoms with Crippen LogP contribution in [0.4, 0.5) is 0 Å². The van der Waals surface area contributed by atoms with Gasteiger partial charge in [0.15, 0.2) is 0 Å². The van der Waals surface area contributed by atoms with Crippen molar-refractivity contribution in [3.63, 3.8) is 0 Å². The third-order valence-corrected chi connectivity index (χ3v) is 0.402. The van der Waals surface area contributed by atoms with Gasteiger partial charge in [-0.3, -0.25) is 4.79 Å². The molecule has 2 nitrogen and oxygen atoms in total. The molecule has 0 rings (SSSR count). The second kappa shape index (κ2) is 5.09. The summed E-state index contributed by atoms with van der Waals surface area (Å²) >= 11 is 0. The Bertz CT molecular complexity index is 70.8. The number of hydrogen-bond acceptors (Lipinski definition) is 2. The second-order valence-corrected chi connectivity index (χ2v) is 1.66. The zero-order chi connectivity index (χ0) is 5.86. The van der Waals surface area contributed by atoms with Crippen LogP contribution in [-0.4, -0.2) is 12.1 Å². The van der Waals surface area contributed by atoms with E-state index < -0.39 is 0 Å². The minimum atomic E-state index is -0.213. The van der Waals surface area contributed by atoms with E-state index >= 15 is 0 Å². The molecule has 0 aromatic heterocycles. The lowest BCUT2D eigenvalue weighted by atomic mass is 10.5. The van der Waals surface area contributed by atoms with E-state index in [1.807, 2.05) is 13.8 Å². The van der Waals surface area contributed by atoms with Crippen LogP contribution in [0.3, 0.4) is 0 Å². The second-order valence-electron chi connectivity index (χ2n) is 1.66. The molecule has 0 atom stereocenters. The maximum atomic E-state index is 10.0. The van der Waals surface area contributed by atoms with Gasteiger partial charge in [-0.2, -0.15) is 0 Å². The van der Waals surface area contributed by atoms with Crippen molar-refractivity contribution in [3.05, 3.63) is 0 Å². The number of ether oxygens (including phenoxy) is 1. The topological polar surface area (TPSA) is 26.3 Å². The van der Waals surface area contributed by atoms with Crippen molar-refractivity contribution in [1.29, 1.82) is 0 Å². The average molecular weight is 183 g/mol. The molecule has 0 aliphatic heterocycles. The zero-order valence-electron chi connectivity index (χ0n) is 5.30. The Morgan fingerprint density at radius 2 is 1.88 bits per heavy atom. The fourth-order valence-electron chi connectivity index (χ4n) is 0.332. The first-order chi connectivity index (χ1) is 3.13. The van der Waals surface area contributed by atoms with Crippen LogP contribution in [0.15, 0.2) is 0 Å². The van der Waals surface area contributed by atoms with Crippen LogP contribution in [-0.2, 0) is 9.53 Å². The lowest BCUT2D eigenvalue weighted by Gasteiger charge is -2.01. The lowest BCUT2D eigenvalue weighted by Crippen LogP contribution is -2.06. The molecule has 0 radical (unpaired) electrons. The van der Waals surface area contributed by atoms with Crippen LogP contribution in [0.1, 0.15) is 20.8 Å². The fourth-order valence-corrected chi connectivity index (χ4v) is 0.332. The van der Waals surface area contributed by atoms with E-state index in [-0.39, 0.29) is 29.1 Å². The summed E-state index contributed by atoms with van der Waals surface area (Å²) in [7, 11) is 0. The van der Waals surface area contributed by atoms with Crippen LogP contribution in [0.25, 0.3) is 0 Å². The van der Waals surface area contributed by atoms with Crippen molar-refractivity contribution in [2.45, 2.75) is 26.9 Å². The largest absolute Gasteiger partial charge is 0.463 e. The molecule has 3 heteroatoms. The van der Waals surface area contributed by atoms with Gasteiger partial charge < -0.3 is 4.74 Å². The molecular formula is C5H11BrO2. The maximum absolute atomic E-state index is 10.0. The summed E-state index contributed by atoms with van der Waals surface area (Å²) in [6.45, 7) is 5.04. The van der Waals surface area contributed by atoms with E-state index in [1.165, 1.54) is 6.92 Å². The van der Waals surface area contributed by atoms with E-state index in [1.54, 1.807) is 0 Å². The molecule has 0 aromatic rings. The summed E-state index contributed by atoms with van der Waals surface area (Å²) in [5, 5.41) is 0. The third kappa shape index (κ3) is 9.34. The highest BCUT2D eigenvalue weighted by Crippen LogP contribution is 1.85. The summed E-state index contributed by atoms with van der Waals surface area (Å²) in [6, 6.07) is 0. The molecule has 0 N–H and O–H groups in total. The number of rotatable bonds is 1. The number of esters is 1. The molecule has 0 aliphatic carbocycles. The van der Waals surface area contributed by atoms with Crippen molar-refractivity contribution < 1.29 is 9.53 Å². The Morgan fingerprint density at radius 1 is 1.50 bits per heavy atom. The molecule has 0 saturated heterocycles. The van der Waals surface area contributed by atoms with E-state index in [2.05, 4.69) is 4.74 Å². The number of halogens is 1. The van der Waals surface area contributed by atoms with Crippen LogP contribution < -0.4 is 0 Å². The van der Waals surface area contributed by atoms with Crippen LogP contribution in [0, 0.1) is 0 Å². The Kier molecular flexibility index (Phi) is 6.91. The Balaban J connectivity index is 0. The summed E-state index contributed by atoms with van der Waals surface area (Å²) in [5.41, 5.74) is 0. The first-order valence-corrected chi connectivity index (χ1v) is 2.30. The molecule has 0 heterocycles. The van der Waals surface area contributed by atoms with Gasteiger partial charge in [-0.25, -0.2) is 0 Å². The van der Waals surface area contributed by atoms with Gasteiger partial charge >= 0.3 is 5.97 Å². The monoisotopic (exact) mass is 182 g/mol. The van der Waals surface area contributed by atoms with E-state index in [4.69, 9.17) is 0 Å². The predicted molar refractivity (Wildman–Crippen MR) is 37.2 cm³/mol. The van der Waals surface area contributed by atoms with Crippen LogP contribution >= 0.6 is 17.0 Å². The van der Waals surface area contributed by atoms with E-state index in [9.17, 15) is 4.79 Å². The smallest absolute Gasteiger partial charge is 0.302 e. The molecule has 0 aromatic carbocycles. The van der Waals surface area contributed by atoms with Gasteiger partial charge in [-0.05, 0) is 13.8 Å². The summed E-state index contributed by atoms with van der Waals surface area (Å²) in [6.07, 6.45) is 0.0255. The number of carbonyl (C=O) groups excluding carboxylic acids is 1. The van der Waals surface area contributed by atoms with Gasteiger partial charge in [0.1, 0.15) is 0 Å². The highest BCUT2D eigenvalue weighted by atomic mass is 79.9. The molecule has 0 bridgehead atoms. The van der Waals surface area contributed by atoms with E-state index in [0.717, 1.165) is 0 Å². The number of hydrogen-bond donors (Lipinski definition) is 0. The highest BCUT2D eigenvalue weighted by Gasteiger charge is 1.93. The third-order valence-electron chi connectivity index (χ3n) is 0.402. The summed E-state index contributed by atoms with van der Waals surface area (Å²) in [5.74, 6) is -0.213. The van der Waals surface area contributed by atoms with Gasteiger partial charge in [-0.1, -0.05) is 0 Å². The predicted octanol–water partition coefficient (Wildman–Crippen LogP) is 1.54. The standard InChI is InChI=1S/C5H10O2.BrH/c1-4(2)7-5(3)6;/h4H,1-3H3;1H. The van der Waals surface area contributed by atoms with E-state index in [0.29, 0.717) is 0 Å². The molecule has 0 unspecified atom stereocenters. The SMILES string of the molecule is Br.CC(=O)OC(C)C. The van der Waals surface area contributed by atoms with Gasteiger partial charge in [-0.15, -0.1) is 17.0 Å². The first-order valence-electron chi connectivity index (χ1n) is 2.30. The molecule has 0 aliphatic rings. The van der Waals surface area contributed by atoms with Gasteiger partial charge in [0, 0.05) is 6.92 Å². The first kappa shape index (κ1) is 10.8. The van der Waals surface area contributed by atoms with Gasteiger partial charge in [0.25, 0.3) is 0 Å². The normalized spacial score (nSPS) is 8.00. The van der Waals surface area contributed by atoms with Gasteiger partial charge in [0.2, 0.25) is 0 Å². The van der Waals surface area contributed by atoms with Gasteiger partial charge in [0.05, 0.1) is 6.10 Å². The maximum Gasteiger partial charge on any atom is 0.302 e. The van der Waals surface area contributed by atoms with Crippen molar-refractivity contribution >= 4 is 23.0 Å². The molecule has 0 spiro atoms. The van der Waals surface area contributed by atoms with Crippen molar-refractivity contribution in [1.82, 2.24) is 0 Å². The Morgan fingerprint density at radius 3 is 1.88 bits per heavy atom. The van der Waals surface area contributed by atoms with Crippen LogP contribution in [0.2, 0.25) is 0 Å². The van der Waals surface area contributed by atoms with Crippen molar-refractivity contribution in [2.24, 2.45) is 0 Å². The molecule has 50 valence electrons. The lowest BCUT2D eigenvalue weighted by molar-refractivity contribution is -0.144. The molecule has 0 fully saturated rings. The zero-order valence-corrected chi connectivity index (χ0v) is 7.02. The molecule has 0 amide bonds. The summed E-state index contributed by atoms with van der Waals surface area (Å²) < 4.78 is 4.61. The average Bonchev–Trinajstić information content (AvgIpc) is 1.27. The fraction of sp³-hybridized carbons (Fsp3) is 0.800. The Labute approximate surface area is 60.0 Å². The molecule has 8 heavy (non-hydrogen) atoms.